The first-order valence-corrected chi connectivity index (χ1v) is 14.3. The fourth-order valence-electron chi connectivity index (χ4n) is 5.64. The van der Waals surface area contributed by atoms with Gasteiger partial charge in [-0.25, -0.2) is 0 Å². The SMILES string of the molecule is COC(=O)C(C(Br)N1C=CN(c2c(C)cc(C)cc2C)C1)C(Br)N1C=CN(c2c(C)cc(C)cc2C)C1. The summed E-state index contributed by atoms with van der Waals surface area (Å²) >= 11 is 7.71. The number of hydrogen-bond donors (Lipinski definition) is 0. The maximum absolute atomic E-state index is 13.1. The Labute approximate surface area is 237 Å². The zero-order valence-corrected chi connectivity index (χ0v) is 25.8. The average molecular weight is 632 g/mol. The summed E-state index contributed by atoms with van der Waals surface area (Å²) in [5.74, 6) is -0.757. The van der Waals surface area contributed by atoms with Crippen LogP contribution in [0.1, 0.15) is 33.4 Å². The van der Waals surface area contributed by atoms with Crippen molar-refractivity contribution in [1.29, 1.82) is 0 Å². The predicted octanol–water partition coefficient (Wildman–Crippen LogP) is 6.57. The first-order chi connectivity index (χ1) is 17.5. The van der Waals surface area contributed by atoms with E-state index in [4.69, 9.17) is 4.74 Å². The van der Waals surface area contributed by atoms with Crippen LogP contribution in [-0.2, 0) is 9.53 Å². The van der Waals surface area contributed by atoms with Crippen LogP contribution in [0.25, 0.3) is 0 Å². The molecule has 2 heterocycles. The lowest BCUT2D eigenvalue weighted by molar-refractivity contribution is -0.147. The van der Waals surface area contributed by atoms with Gasteiger partial charge in [0.05, 0.1) is 20.4 Å². The van der Waals surface area contributed by atoms with E-state index in [0.717, 1.165) is 0 Å². The van der Waals surface area contributed by atoms with Crippen molar-refractivity contribution in [1.82, 2.24) is 9.80 Å². The Kier molecular flexibility index (Phi) is 8.29. The molecule has 2 aliphatic rings. The number of benzene rings is 2. The fourth-order valence-corrected chi connectivity index (χ4v) is 7.59. The lowest BCUT2D eigenvalue weighted by atomic mass is 10.0. The normalized spacial score (nSPS) is 17.5. The van der Waals surface area contributed by atoms with Crippen molar-refractivity contribution in [2.45, 2.75) is 51.4 Å². The van der Waals surface area contributed by atoms with Gasteiger partial charge in [0.2, 0.25) is 0 Å². The van der Waals surface area contributed by atoms with Gasteiger partial charge in [-0.3, -0.25) is 4.79 Å². The number of rotatable bonds is 7. The number of aryl methyl sites for hydroxylation is 6. The standard InChI is InChI=1S/C29H36Br2N4O2/c1-18-12-20(3)25(21(4)13-18)32-8-10-34(16-32)27(30)24(29(36)37-7)28(31)35-11-9-33(17-35)26-22(5)14-19(2)15-23(26)6/h8-15,24,27-28H,16-17H2,1-7H3. The molecule has 0 N–H and O–H groups in total. The number of nitrogens with zero attached hydrogens (tertiary/aromatic N) is 4. The average Bonchev–Trinajstić information content (AvgIpc) is 3.48. The second kappa shape index (κ2) is 11.1. The maximum Gasteiger partial charge on any atom is 0.314 e. The third-order valence-corrected chi connectivity index (χ3v) is 9.24. The van der Waals surface area contributed by atoms with Crippen LogP contribution in [-0.4, -0.2) is 46.1 Å². The minimum atomic E-state index is -0.486. The maximum atomic E-state index is 13.1. The van der Waals surface area contributed by atoms with E-state index in [1.165, 1.54) is 51.9 Å². The third kappa shape index (κ3) is 5.55. The van der Waals surface area contributed by atoms with E-state index in [2.05, 4.69) is 130 Å². The van der Waals surface area contributed by atoms with Crippen molar-refractivity contribution in [2.75, 3.05) is 30.2 Å². The molecule has 0 amide bonds. The van der Waals surface area contributed by atoms with E-state index in [1.54, 1.807) is 0 Å². The summed E-state index contributed by atoms with van der Waals surface area (Å²) in [7, 11) is 1.45. The molecule has 8 heteroatoms. The van der Waals surface area contributed by atoms with Crippen LogP contribution in [0.2, 0.25) is 0 Å². The molecule has 2 aliphatic heterocycles. The molecular formula is C29H36Br2N4O2. The van der Waals surface area contributed by atoms with Crippen LogP contribution in [0.15, 0.2) is 49.1 Å². The van der Waals surface area contributed by atoms with Gasteiger partial charge in [0, 0.05) is 36.2 Å². The second-order valence-electron chi connectivity index (χ2n) is 10.1. The van der Waals surface area contributed by atoms with Crippen molar-refractivity contribution in [3.8, 4) is 0 Å². The van der Waals surface area contributed by atoms with Crippen LogP contribution in [0.5, 0.6) is 0 Å². The number of carbonyl (C=O) groups excluding carboxylic acids is 1. The summed E-state index contributed by atoms with van der Waals surface area (Å²) in [5.41, 5.74) is 9.88. The van der Waals surface area contributed by atoms with Gasteiger partial charge < -0.3 is 24.3 Å². The van der Waals surface area contributed by atoms with Crippen molar-refractivity contribution in [2.24, 2.45) is 5.92 Å². The van der Waals surface area contributed by atoms with E-state index in [0.29, 0.717) is 13.3 Å². The number of esters is 1. The molecule has 198 valence electrons. The molecule has 0 aliphatic carbocycles. The van der Waals surface area contributed by atoms with E-state index < -0.39 is 5.92 Å². The Morgan fingerprint density at radius 1 is 0.703 bits per heavy atom. The van der Waals surface area contributed by atoms with Crippen LogP contribution >= 0.6 is 31.9 Å². The molecular weight excluding hydrogens is 596 g/mol. The van der Waals surface area contributed by atoms with Gasteiger partial charge in [0.1, 0.15) is 15.8 Å². The first-order valence-electron chi connectivity index (χ1n) is 12.4. The molecule has 2 atom stereocenters. The molecule has 0 saturated heterocycles. The molecule has 0 aromatic heterocycles. The number of alkyl halides is 2. The zero-order chi connectivity index (χ0) is 27.0. The van der Waals surface area contributed by atoms with Gasteiger partial charge in [-0.2, -0.15) is 0 Å². The van der Waals surface area contributed by atoms with Gasteiger partial charge in [-0.1, -0.05) is 67.3 Å². The largest absolute Gasteiger partial charge is 0.469 e. The molecule has 37 heavy (non-hydrogen) atoms. The topological polar surface area (TPSA) is 39.3 Å². The summed E-state index contributed by atoms with van der Waals surface area (Å²) in [6.07, 6.45) is 8.24. The van der Waals surface area contributed by atoms with Gasteiger partial charge in [-0.05, 0) is 63.8 Å². The summed E-state index contributed by atoms with van der Waals surface area (Å²) < 4.78 is 5.27. The van der Waals surface area contributed by atoms with Gasteiger partial charge >= 0.3 is 5.97 Å². The third-order valence-electron chi connectivity index (χ3n) is 7.05. The van der Waals surface area contributed by atoms with Crippen LogP contribution in [0.4, 0.5) is 11.4 Å². The number of methoxy groups -OCH3 is 1. The highest BCUT2D eigenvalue weighted by Gasteiger charge is 2.41. The Morgan fingerprint density at radius 3 is 1.38 bits per heavy atom. The first kappa shape index (κ1) is 27.6. The highest BCUT2D eigenvalue weighted by molar-refractivity contribution is 9.10. The summed E-state index contributed by atoms with van der Waals surface area (Å²) in [5, 5.41) is 0. The van der Waals surface area contributed by atoms with Gasteiger partial charge in [0.15, 0.2) is 0 Å². The summed E-state index contributed by atoms with van der Waals surface area (Å²) in [6.45, 7) is 14.1. The minimum Gasteiger partial charge on any atom is -0.469 e. The molecule has 0 radical (unpaired) electrons. The minimum absolute atomic E-state index is 0.271. The van der Waals surface area contributed by atoms with E-state index >= 15 is 0 Å². The molecule has 2 aromatic carbocycles. The van der Waals surface area contributed by atoms with Crippen molar-refractivity contribution >= 4 is 49.2 Å². The number of ether oxygens (including phenoxy) is 1. The molecule has 6 nitrogen and oxygen atoms in total. The van der Waals surface area contributed by atoms with Crippen molar-refractivity contribution in [3.05, 3.63) is 82.4 Å². The van der Waals surface area contributed by atoms with Gasteiger partial charge in [0.25, 0.3) is 0 Å². The molecule has 0 spiro atoms. The molecule has 0 fully saturated rings. The molecule has 2 unspecified atom stereocenters. The summed E-state index contributed by atoms with van der Waals surface area (Å²) in [4.78, 5) is 21.3. The van der Waals surface area contributed by atoms with E-state index in [9.17, 15) is 4.79 Å². The van der Waals surface area contributed by atoms with Crippen LogP contribution < -0.4 is 9.80 Å². The molecule has 4 rings (SSSR count). The molecule has 2 aromatic rings. The Morgan fingerprint density at radius 2 is 1.05 bits per heavy atom. The van der Waals surface area contributed by atoms with Crippen LogP contribution in [0, 0.1) is 47.5 Å². The number of halogens is 2. The number of anilines is 2. The lowest BCUT2D eigenvalue weighted by Crippen LogP contribution is -2.48. The predicted molar refractivity (Wildman–Crippen MR) is 159 cm³/mol. The Bertz CT molecular complexity index is 1110. The zero-order valence-electron chi connectivity index (χ0n) is 22.6. The van der Waals surface area contributed by atoms with Crippen LogP contribution in [0.3, 0.4) is 0 Å². The fraction of sp³-hybridized carbons (Fsp3) is 0.414. The highest BCUT2D eigenvalue weighted by Crippen LogP contribution is 2.36. The monoisotopic (exact) mass is 630 g/mol. The molecule has 0 bridgehead atoms. The molecule has 0 saturated carbocycles. The second-order valence-corrected chi connectivity index (χ2v) is 12.0. The summed E-state index contributed by atoms with van der Waals surface area (Å²) in [6, 6.07) is 8.83. The van der Waals surface area contributed by atoms with Crippen molar-refractivity contribution < 1.29 is 9.53 Å². The van der Waals surface area contributed by atoms with E-state index in [-0.39, 0.29) is 15.9 Å². The number of hydrogen-bond acceptors (Lipinski definition) is 6. The quantitative estimate of drug-likeness (QED) is 0.196. The lowest BCUT2D eigenvalue weighted by Gasteiger charge is -2.36. The smallest absolute Gasteiger partial charge is 0.314 e. The van der Waals surface area contributed by atoms with Gasteiger partial charge in [-0.15, -0.1) is 0 Å². The Hall–Kier alpha value is -2.45. The van der Waals surface area contributed by atoms with Crippen molar-refractivity contribution in [3.63, 3.8) is 0 Å². The Balaban J connectivity index is 1.51. The van der Waals surface area contributed by atoms with E-state index in [1.807, 2.05) is 12.4 Å². The highest BCUT2D eigenvalue weighted by atomic mass is 79.9. The number of carbonyl (C=O) groups is 1.